The zero-order valence-corrected chi connectivity index (χ0v) is 11.5. The molecule has 1 aromatic rings. The van der Waals surface area contributed by atoms with Crippen LogP contribution in [0.15, 0.2) is 24.3 Å². The van der Waals surface area contributed by atoms with Crippen molar-refractivity contribution in [1.82, 2.24) is 10.6 Å². The minimum Gasteiger partial charge on any atom is -0.375 e. The van der Waals surface area contributed by atoms with Crippen molar-refractivity contribution in [2.75, 3.05) is 13.2 Å². The Hall–Kier alpha value is -1.62. The molecule has 4 nitrogen and oxygen atoms in total. The second-order valence-corrected chi connectivity index (χ2v) is 5.06. The van der Waals surface area contributed by atoms with Gasteiger partial charge in [0.25, 0.3) is 0 Å². The number of carbonyl (C=O) groups is 1. The van der Waals surface area contributed by atoms with E-state index < -0.39 is 0 Å². The van der Waals surface area contributed by atoms with Crippen molar-refractivity contribution < 1.29 is 13.9 Å². The summed E-state index contributed by atoms with van der Waals surface area (Å²) < 4.78 is 18.1. The lowest BCUT2D eigenvalue weighted by Gasteiger charge is -2.13. The smallest absolute Gasteiger partial charge is 0.315 e. The SMILES string of the molecule is O=C(NCCOCc1ccc(F)cc1)NC1CCCC1. The number of urea groups is 1. The Morgan fingerprint density at radius 3 is 2.65 bits per heavy atom. The summed E-state index contributed by atoms with van der Waals surface area (Å²) in [5.74, 6) is -0.251. The molecule has 110 valence electrons. The minimum absolute atomic E-state index is 0.123. The number of benzene rings is 1. The first-order chi connectivity index (χ1) is 9.74. The van der Waals surface area contributed by atoms with E-state index >= 15 is 0 Å². The highest BCUT2D eigenvalue weighted by molar-refractivity contribution is 5.74. The van der Waals surface area contributed by atoms with E-state index in [-0.39, 0.29) is 11.8 Å². The Bertz CT molecular complexity index is 416. The number of hydrogen-bond acceptors (Lipinski definition) is 2. The molecule has 0 saturated heterocycles. The summed E-state index contributed by atoms with van der Waals surface area (Å²) >= 11 is 0. The Labute approximate surface area is 118 Å². The molecule has 0 unspecified atom stereocenters. The fourth-order valence-electron chi connectivity index (χ4n) is 2.31. The van der Waals surface area contributed by atoms with Gasteiger partial charge in [-0.3, -0.25) is 0 Å². The molecule has 0 heterocycles. The highest BCUT2D eigenvalue weighted by Crippen LogP contribution is 2.17. The van der Waals surface area contributed by atoms with Crippen LogP contribution >= 0.6 is 0 Å². The summed E-state index contributed by atoms with van der Waals surface area (Å²) in [5.41, 5.74) is 0.918. The molecule has 0 spiro atoms. The molecule has 0 atom stereocenters. The maximum absolute atomic E-state index is 12.7. The Morgan fingerprint density at radius 1 is 1.25 bits per heavy atom. The van der Waals surface area contributed by atoms with E-state index in [2.05, 4.69) is 10.6 Å². The maximum atomic E-state index is 12.7. The van der Waals surface area contributed by atoms with E-state index in [1.165, 1.54) is 25.0 Å². The summed E-state index contributed by atoms with van der Waals surface area (Å²) in [6.07, 6.45) is 4.56. The van der Waals surface area contributed by atoms with Gasteiger partial charge >= 0.3 is 6.03 Å². The Morgan fingerprint density at radius 2 is 1.95 bits per heavy atom. The van der Waals surface area contributed by atoms with E-state index in [1.54, 1.807) is 12.1 Å². The van der Waals surface area contributed by atoms with Gasteiger partial charge in [-0.1, -0.05) is 25.0 Å². The van der Waals surface area contributed by atoms with Gasteiger partial charge in [-0.2, -0.15) is 0 Å². The van der Waals surface area contributed by atoms with Crippen LogP contribution < -0.4 is 10.6 Å². The van der Waals surface area contributed by atoms with Gasteiger partial charge in [-0.25, -0.2) is 9.18 Å². The molecular formula is C15H21FN2O2. The second-order valence-electron chi connectivity index (χ2n) is 5.06. The first kappa shape index (κ1) is 14.8. The quantitative estimate of drug-likeness (QED) is 0.787. The minimum atomic E-state index is -0.251. The molecule has 1 saturated carbocycles. The summed E-state index contributed by atoms with van der Waals surface area (Å²) in [6.45, 7) is 1.33. The summed E-state index contributed by atoms with van der Waals surface area (Å²) in [5, 5.41) is 5.72. The molecule has 0 aliphatic heterocycles. The van der Waals surface area contributed by atoms with E-state index in [1.807, 2.05) is 0 Å². The predicted octanol–water partition coefficient (Wildman–Crippen LogP) is 2.58. The highest BCUT2D eigenvalue weighted by Gasteiger charge is 2.16. The number of halogens is 1. The first-order valence-electron chi connectivity index (χ1n) is 7.10. The van der Waals surface area contributed by atoms with Crippen molar-refractivity contribution in [2.45, 2.75) is 38.3 Å². The van der Waals surface area contributed by atoms with Crippen molar-refractivity contribution in [3.8, 4) is 0 Å². The number of rotatable bonds is 6. The van der Waals surface area contributed by atoms with Crippen LogP contribution in [0, 0.1) is 5.82 Å². The van der Waals surface area contributed by atoms with Crippen molar-refractivity contribution in [3.63, 3.8) is 0 Å². The largest absolute Gasteiger partial charge is 0.375 e. The zero-order valence-electron chi connectivity index (χ0n) is 11.5. The second kappa shape index (κ2) is 7.85. The van der Waals surface area contributed by atoms with Gasteiger partial charge in [0.15, 0.2) is 0 Å². The van der Waals surface area contributed by atoms with Crippen LogP contribution in [0.2, 0.25) is 0 Å². The number of nitrogens with one attached hydrogen (secondary N) is 2. The van der Waals surface area contributed by atoms with Gasteiger partial charge in [0, 0.05) is 12.6 Å². The first-order valence-corrected chi connectivity index (χ1v) is 7.10. The van der Waals surface area contributed by atoms with E-state index in [0.717, 1.165) is 18.4 Å². The molecule has 2 amide bonds. The molecular weight excluding hydrogens is 259 g/mol. The number of hydrogen-bond donors (Lipinski definition) is 2. The molecule has 1 aromatic carbocycles. The van der Waals surface area contributed by atoms with Crippen LogP contribution in [-0.4, -0.2) is 25.2 Å². The van der Waals surface area contributed by atoms with Gasteiger partial charge in [0.2, 0.25) is 0 Å². The number of ether oxygens (including phenoxy) is 1. The van der Waals surface area contributed by atoms with Gasteiger partial charge in [0.05, 0.1) is 13.2 Å². The fraction of sp³-hybridized carbons (Fsp3) is 0.533. The van der Waals surface area contributed by atoms with Gasteiger partial charge < -0.3 is 15.4 Å². The standard InChI is InChI=1S/C15H21FN2O2/c16-13-7-5-12(6-8-13)11-20-10-9-17-15(19)18-14-3-1-2-4-14/h5-8,14H,1-4,9-11H2,(H2,17,18,19). The topological polar surface area (TPSA) is 50.4 Å². The van der Waals surface area contributed by atoms with E-state index in [9.17, 15) is 9.18 Å². The van der Waals surface area contributed by atoms with Gasteiger partial charge in [-0.15, -0.1) is 0 Å². The predicted molar refractivity (Wildman–Crippen MR) is 74.8 cm³/mol. The Kier molecular flexibility index (Phi) is 5.80. The third-order valence-corrected chi connectivity index (χ3v) is 3.40. The van der Waals surface area contributed by atoms with E-state index in [0.29, 0.717) is 25.8 Å². The molecule has 2 rings (SSSR count). The van der Waals surface area contributed by atoms with Crippen molar-refractivity contribution in [3.05, 3.63) is 35.6 Å². The zero-order chi connectivity index (χ0) is 14.2. The third kappa shape index (κ3) is 5.17. The fourth-order valence-corrected chi connectivity index (χ4v) is 2.31. The molecule has 1 aliphatic carbocycles. The molecule has 5 heteroatoms. The average Bonchev–Trinajstić information content (AvgIpc) is 2.93. The van der Waals surface area contributed by atoms with Crippen LogP contribution in [0.3, 0.4) is 0 Å². The van der Waals surface area contributed by atoms with Crippen LogP contribution in [0.5, 0.6) is 0 Å². The van der Waals surface area contributed by atoms with Crippen molar-refractivity contribution >= 4 is 6.03 Å². The lowest BCUT2D eigenvalue weighted by atomic mass is 10.2. The highest BCUT2D eigenvalue weighted by atomic mass is 19.1. The van der Waals surface area contributed by atoms with Crippen molar-refractivity contribution in [2.24, 2.45) is 0 Å². The van der Waals surface area contributed by atoms with Crippen LogP contribution in [0.4, 0.5) is 9.18 Å². The van der Waals surface area contributed by atoms with Crippen LogP contribution in [-0.2, 0) is 11.3 Å². The maximum Gasteiger partial charge on any atom is 0.315 e. The molecule has 0 radical (unpaired) electrons. The summed E-state index contributed by atoms with van der Waals surface area (Å²) in [6, 6.07) is 6.40. The number of carbonyl (C=O) groups excluding carboxylic acids is 1. The number of amides is 2. The molecule has 2 N–H and O–H groups in total. The lowest BCUT2D eigenvalue weighted by molar-refractivity contribution is 0.123. The monoisotopic (exact) mass is 280 g/mol. The summed E-state index contributed by atoms with van der Waals surface area (Å²) in [7, 11) is 0. The molecule has 20 heavy (non-hydrogen) atoms. The Balaban J connectivity index is 1.52. The van der Waals surface area contributed by atoms with Crippen molar-refractivity contribution in [1.29, 1.82) is 0 Å². The lowest BCUT2D eigenvalue weighted by Crippen LogP contribution is -2.42. The molecule has 0 aromatic heterocycles. The third-order valence-electron chi connectivity index (χ3n) is 3.40. The van der Waals surface area contributed by atoms with E-state index in [4.69, 9.17) is 4.74 Å². The average molecular weight is 280 g/mol. The van der Waals surface area contributed by atoms with Gasteiger partial charge in [0.1, 0.15) is 5.82 Å². The van der Waals surface area contributed by atoms with Gasteiger partial charge in [-0.05, 0) is 30.5 Å². The molecule has 0 bridgehead atoms. The van der Waals surface area contributed by atoms with Crippen LogP contribution in [0.1, 0.15) is 31.2 Å². The summed E-state index contributed by atoms with van der Waals surface area (Å²) in [4.78, 5) is 11.6. The molecule has 1 aliphatic rings. The van der Waals surface area contributed by atoms with Crippen LogP contribution in [0.25, 0.3) is 0 Å². The molecule has 1 fully saturated rings. The normalized spacial score (nSPS) is 15.2.